The largest absolute Gasteiger partial charge is 0.460 e. The molecule has 1 aromatic rings. The predicted molar refractivity (Wildman–Crippen MR) is 298 cm³/mol. The fourth-order valence-electron chi connectivity index (χ4n) is 11.9. The van der Waals surface area contributed by atoms with Gasteiger partial charge < -0.3 is 39.3 Å². The van der Waals surface area contributed by atoms with Crippen LogP contribution in [0.1, 0.15) is 244 Å². The Bertz CT molecular complexity index is 1680. The van der Waals surface area contributed by atoms with E-state index in [1.807, 2.05) is 36.0 Å². The van der Waals surface area contributed by atoms with Crippen molar-refractivity contribution in [1.82, 2.24) is 5.32 Å². The highest BCUT2D eigenvalue weighted by Crippen LogP contribution is 2.62. The van der Waals surface area contributed by atoms with Crippen LogP contribution in [0.4, 0.5) is 4.79 Å². The van der Waals surface area contributed by atoms with Gasteiger partial charge >= 0.3 is 6.09 Å². The molecule has 11 heteroatoms. The van der Waals surface area contributed by atoms with Crippen LogP contribution in [0, 0.1) is 17.8 Å². The van der Waals surface area contributed by atoms with Gasteiger partial charge in [0.05, 0.1) is 30.1 Å². The molecule has 0 radical (unpaired) electrons. The quantitative estimate of drug-likeness (QED) is 0.0334. The third-order valence-electron chi connectivity index (χ3n) is 15.9. The average molecular weight is 1020 g/mol. The number of hydrogen-bond donors (Lipinski definition) is 3. The predicted octanol–water partition coefficient (Wildman–Crippen LogP) is 16.1. The molecule has 0 aromatic heterocycles. The summed E-state index contributed by atoms with van der Waals surface area (Å²) >= 11 is 1.95. The molecular weight excluding hydrogens is 921 g/mol. The summed E-state index contributed by atoms with van der Waals surface area (Å²) in [5.41, 5.74) is 3.05. The first-order valence-corrected chi connectivity index (χ1v) is 31.0. The molecule has 2 aliphatic heterocycles. The Hall–Kier alpha value is -2.57. The maximum Gasteiger partial charge on any atom is 0.412 e. The number of carbonyl (C=O) groups is 1. The van der Waals surface area contributed by atoms with E-state index >= 15 is 0 Å². The van der Waals surface area contributed by atoms with Gasteiger partial charge in [-0.2, -0.15) is 11.8 Å². The van der Waals surface area contributed by atoms with E-state index in [1.165, 1.54) is 135 Å². The molecular formula is C61H102N2O8S. The van der Waals surface area contributed by atoms with Gasteiger partial charge in [0.2, 0.25) is 12.1 Å². The average Bonchev–Trinajstić information content (AvgIpc) is 3.39. The van der Waals surface area contributed by atoms with Crippen molar-refractivity contribution in [3.63, 3.8) is 0 Å². The highest BCUT2D eigenvalue weighted by Gasteiger charge is 2.64. The molecule has 410 valence electrons. The summed E-state index contributed by atoms with van der Waals surface area (Å²) in [5, 5.41) is 28.0. The summed E-state index contributed by atoms with van der Waals surface area (Å²) in [6, 6.07) is 5.89. The highest BCUT2D eigenvalue weighted by molar-refractivity contribution is 8.00. The minimum absolute atomic E-state index is 0.0739. The maximum atomic E-state index is 13.4. The third-order valence-corrected chi connectivity index (χ3v) is 17.3. The molecule has 1 amide bonds. The molecule has 2 aliphatic carbocycles. The van der Waals surface area contributed by atoms with Crippen LogP contribution >= 0.6 is 11.8 Å². The third kappa shape index (κ3) is 20.2. The highest BCUT2D eigenvalue weighted by atomic mass is 32.2. The molecule has 7 atom stereocenters. The second-order valence-corrected chi connectivity index (χ2v) is 22.9. The lowest BCUT2D eigenvalue weighted by Crippen LogP contribution is -2.64. The molecule has 0 bridgehead atoms. The number of aliphatic hydroxyl groups excluding tert-OH is 2. The van der Waals surface area contributed by atoms with Gasteiger partial charge in [-0.1, -0.05) is 185 Å². The number of ether oxygens (including phenoxy) is 4. The van der Waals surface area contributed by atoms with Crippen LogP contribution in [0.5, 0.6) is 11.5 Å². The Morgan fingerprint density at radius 1 is 0.792 bits per heavy atom. The molecule has 2 fully saturated rings. The number of rotatable bonds is 41. The summed E-state index contributed by atoms with van der Waals surface area (Å²) in [6.07, 6.45) is 43.0. The molecule has 1 saturated carbocycles. The molecule has 5 rings (SSSR count). The number of nitrogens with one attached hydrogen (secondary N) is 1. The lowest BCUT2D eigenvalue weighted by Gasteiger charge is -2.58. The standard InChI is InChI=1S/C61H102N2O8S/c1-4-7-9-11-13-15-17-18-19-20-22-24-26-34-45-72-56-48-54(63-71-57-37-29-33-44-67-57)52-46-49(35-27-31-41-64)51(36-28-32-42-65)58-53-47-50(38-39-55(53)70-61(56,59(52)58)68-43-6-3)69-60(66)62-40-30-25-23-21-16-14-12-10-8-5-2/h6,38-39,46-47,49,51,56-59,64-65H,3-5,7-37,40-45,48H2,1-2H3,(H,62,66). The van der Waals surface area contributed by atoms with Crippen LogP contribution in [0.2, 0.25) is 0 Å². The lowest BCUT2D eigenvalue weighted by atomic mass is 9.56. The molecule has 10 nitrogen and oxygen atoms in total. The number of benzene rings is 1. The van der Waals surface area contributed by atoms with Crippen molar-refractivity contribution in [3.05, 3.63) is 48.1 Å². The second-order valence-electron chi connectivity index (χ2n) is 21.6. The second kappa shape index (κ2) is 36.4. The molecule has 72 heavy (non-hydrogen) atoms. The van der Waals surface area contributed by atoms with E-state index in [1.54, 1.807) is 0 Å². The molecule has 0 spiro atoms. The zero-order valence-corrected chi connectivity index (χ0v) is 46.4. The Labute approximate surface area is 442 Å². The molecule has 1 aromatic carbocycles. The molecule has 1 saturated heterocycles. The van der Waals surface area contributed by atoms with Gasteiger partial charge in [-0.05, 0) is 92.7 Å². The van der Waals surface area contributed by atoms with Crippen LogP contribution in [-0.2, 0) is 14.3 Å². The number of nitrogens with zero attached hydrogens (tertiary/aromatic N) is 1. The number of unbranched alkanes of at least 4 members (excludes halogenated alkanes) is 24. The molecule has 3 N–H and O–H groups in total. The smallest absolute Gasteiger partial charge is 0.412 e. The Kier molecular flexibility index (Phi) is 30.5. The van der Waals surface area contributed by atoms with Gasteiger partial charge in [0.25, 0.3) is 0 Å². The normalized spacial score (nSPS) is 24.0. The van der Waals surface area contributed by atoms with Crippen molar-refractivity contribution in [1.29, 1.82) is 0 Å². The first-order chi connectivity index (χ1) is 35.5. The maximum absolute atomic E-state index is 13.4. The van der Waals surface area contributed by atoms with Gasteiger partial charge in [-0.3, -0.25) is 0 Å². The van der Waals surface area contributed by atoms with Crippen LogP contribution in [0.3, 0.4) is 0 Å². The summed E-state index contributed by atoms with van der Waals surface area (Å²) in [5.74, 6) is 1.22. The first-order valence-electron chi connectivity index (χ1n) is 29.9. The number of thioether (sulfide) groups is 1. The summed E-state index contributed by atoms with van der Waals surface area (Å²) in [4.78, 5) is 19.7. The van der Waals surface area contributed by atoms with Crippen LogP contribution in [0.25, 0.3) is 0 Å². The Morgan fingerprint density at radius 2 is 1.40 bits per heavy atom. The number of carbonyl (C=O) groups excluding carboxylic acids is 1. The van der Waals surface area contributed by atoms with E-state index in [4.69, 9.17) is 28.9 Å². The van der Waals surface area contributed by atoms with E-state index in [0.717, 1.165) is 105 Å². The van der Waals surface area contributed by atoms with Crippen molar-refractivity contribution in [3.8, 4) is 11.5 Å². The van der Waals surface area contributed by atoms with Gasteiger partial charge in [-0.25, -0.2) is 4.79 Å². The topological polar surface area (TPSA) is 128 Å². The van der Waals surface area contributed by atoms with E-state index in [-0.39, 0.29) is 48.4 Å². The molecule has 2 heterocycles. The van der Waals surface area contributed by atoms with Crippen molar-refractivity contribution in [2.75, 3.05) is 38.7 Å². The van der Waals surface area contributed by atoms with Gasteiger partial charge in [0.15, 0.2) is 0 Å². The number of fused-ring (bicyclic) bond motifs is 2. The summed E-state index contributed by atoms with van der Waals surface area (Å²) in [6.45, 7) is 10.6. The van der Waals surface area contributed by atoms with Crippen LogP contribution < -0.4 is 14.8 Å². The number of hydrogen-bond acceptors (Lipinski definition) is 10. The molecule has 4 aliphatic rings. The summed E-state index contributed by atoms with van der Waals surface area (Å²) in [7, 11) is 0. The van der Waals surface area contributed by atoms with Crippen molar-refractivity contribution in [2.24, 2.45) is 22.9 Å². The first kappa shape index (κ1) is 60.3. The zero-order chi connectivity index (χ0) is 50.9. The minimum atomic E-state index is -1.03. The van der Waals surface area contributed by atoms with Crippen LogP contribution in [-0.4, -0.2) is 78.1 Å². The van der Waals surface area contributed by atoms with E-state index in [0.29, 0.717) is 31.9 Å². The number of oxime groups is 1. The fraction of sp³-hybridized carbons (Fsp3) is 0.803. The number of allylic oxidation sites excluding steroid dienone is 1. The lowest BCUT2D eigenvalue weighted by molar-refractivity contribution is -0.223. The van der Waals surface area contributed by atoms with Crippen molar-refractivity contribution in [2.45, 2.75) is 255 Å². The number of amides is 1. The molecule has 7 unspecified atom stereocenters. The van der Waals surface area contributed by atoms with Crippen molar-refractivity contribution >= 4 is 23.6 Å². The van der Waals surface area contributed by atoms with Gasteiger partial charge in [0, 0.05) is 44.1 Å². The van der Waals surface area contributed by atoms with Gasteiger partial charge in [0.1, 0.15) is 11.5 Å². The monoisotopic (exact) mass is 1020 g/mol. The number of aliphatic hydroxyl groups is 2. The Morgan fingerprint density at radius 3 is 2.00 bits per heavy atom. The van der Waals surface area contributed by atoms with E-state index in [9.17, 15) is 15.0 Å². The fourth-order valence-corrected chi connectivity index (χ4v) is 13.4. The van der Waals surface area contributed by atoms with Crippen LogP contribution in [0.15, 0.2) is 47.7 Å². The SMILES string of the molecule is C=CCOC12Oc3ccc(OC(=O)NCCCCCCCCCCCC)cc3C3C(CCCCO)C(CCCCO)C=C(C(=NOC4CCCCO4)CC1SCCCCCCCCCCCCCCCC)C32. The minimum Gasteiger partial charge on any atom is -0.460 e. The Balaban J connectivity index is 1.36. The van der Waals surface area contributed by atoms with E-state index < -0.39 is 11.9 Å². The summed E-state index contributed by atoms with van der Waals surface area (Å²) < 4.78 is 26.7. The van der Waals surface area contributed by atoms with Gasteiger partial charge in [-0.15, -0.1) is 6.58 Å². The van der Waals surface area contributed by atoms with E-state index in [2.05, 4.69) is 31.8 Å². The zero-order valence-electron chi connectivity index (χ0n) is 45.5. The van der Waals surface area contributed by atoms with Crippen molar-refractivity contribution < 1.29 is 38.8 Å².